The second kappa shape index (κ2) is 11.0. The third kappa shape index (κ3) is 6.02. The van der Waals surface area contributed by atoms with Gasteiger partial charge in [0.25, 0.3) is 5.91 Å². The molecule has 8 nitrogen and oxygen atoms in total. The first-order valence-corrected chi connectivity index (χ1v) is 11.6. The molecule has 1 aliphatic carbocycles. The summed E-state index contributed by atoms with van der Waals surface area (Å²) in [6.45, 7) is 5.28. The van der Waals surface area contributed by atoms with Gasteiger partial charge in [0, 0.05) is 32.2 Å². The Balaban J connectivity index is 1.20. The average molecular weight is 441 g/mol. The van der Waals surface area contributed by atoms with E-state index in [-0.39, 0.29) is 18.6 Å². The van der Waals surface area contributed by atoms with E-state index in [0.29, 0.717) is 44.4 Å². The predicted octanol–water partition coefficient (Wildman–Crippen LogP) is 3.31. The van der Waals surface area contributed by atoms with Gasteiger partial charge in [-0.05, 0) is 62.9 Å². The summed E-state index contributed by atoms with van der Waals surface area (Å²) in [7, 11) is 0. The Kier molecular flexibility index (Phi) is 7.64. The van der Waals surface area contributed by atoms with Gasteiger partial charge >= 0.3 is 0 Å². The number of anilines is 1. The minimum Gasteiger partial charge on any atom is -0.494 e. The normalized spacial score (nSPS) is 17.2. The molecule has 172 valence electrons. The van der Waals surface area contributed by atoms with Crippen LogP contribution in [-0.2, 0) is 4.79 Å². The number of amides is 1. The summed E-state index contributed by atoms with van der Waals surface area (Å²) in [4.78, 5) is 16.5. The van der Waals surface area contributed by atoms with E-state index >= 15 is 0 Å². The van der Waals surface area contributed by atoms with Crippen LogP contribution in [0, 0.1) is 0 Å². The first-order valence-electron chi connectivity index (χ1n) is 11.6. The highest BCUT2D eigenvalue weighted by molar-refractivity contribution is 5.78. The van der Waals surface area contributed by atoms with Gasteiger partial charge in [-0.1, -0.05) is 6.42 Å². The molecule has 8 heteroatoms. The minimum absolute atomic E-state index is 0.0131. The van der Waals surface area contributed by atoms with Gasteiger partial charge in [-0.15, -0.1) is 10.2 Å². The molecule has 0 N–H and O–H groups in total. The molecule has 2 aliphatic rings. The third-order valence-electron chi connectivity index (χ3n) is 5.92. The highest BCUT2D eigenvalue weighted by Crippen LogP contribution is 2.23. The number of carbonyl (C=O) groups is 1. The van der Waals surface area contributed by atoms with Gasteiger partial charge in [0.15, 0.2) is 12.4 Å². The maximum atomic E-state index is 12.5. The summed E-state index contributed by atoms with van der Waals surface area (Å²) >= 11 is 0. The van der Waals surface area contributed by atoms with Crippen molar-refractivity contribution in [2.75, 3.05) is 44.3 Å². The summed E-state index contributed by atoms with van der Waals surface area (Å²) in [6, 6.07) is 11.2. The Labute approximate surface area is 189 Å². The van der Waals surface area contributed by atoms with E-state index in [1.54, 1.807) is 0 Å². The third-order valence-corrected chi connectivity index (χ3v) is 5.92. The summed E-state index contributed by atoms with van der Waals surface area (Å²) in [6.07, 6.45) is 6.22. The minimum atomic E-state index is -0.0131. The van der Waals surface area contributed by atoms with Gasteiger partial charge in [0.2, 0.25) is 5.88 Å². The molecule has 1 aromatic heterocycles. The zero-order valence-corrected chi connectivity index (χ0v) is 18.7. The Hall–Kier alpha value is -3.03. The van der Waals surface area contributed by atoms with E-state index in [1.807, 2.05) is 48.2 Å². The van der Waals surface area contributed by atoms with Crippen molar-refractivity contribution in [2.45, 2.75) is 45.1 Å². The molecule has 0 radical (unpaired) electrons. The summed E-state index contributed by atoms with van der Waals surface area (Å²) in [5.74, 6) is 2.85. The van der Waals surface area contributed by atoms with Crippen molar-refractivity contribution in [2.24, 2.45) is 0 Å². The molecule has 1 saturated heterocycles. The molecule has 32 heavy (non-hydrogen) atoms. The number of hydrogen-bond acceptors (Lipinski definition) is 7. The molecule has 0 unspecified atom stereocenters. The lowest BCUT2D eigenvalue weighted by molar-refractivity contribution is -0.133. The zero-order chi connectivity index (χ0) is 22.2. The van der Waals surface area contributed by atoms with Crippen LogP contribution in [0.2, 0.25) is 0 Å². The molecule has 1 aliphatic heterocycles. The highest BCUT2D eigenvalue weighted by atomic mass is 16.5. The number of nitrogens with zero attached hydrogens (tertiary/aromatic N) is 4. The lowest BCUT2D eigenvalue weighted by Gasteiger charge is -2.35. The SMILES string of the molecule is CCOc1ccc(OCC(=O)N2CCN(c3ccc(OC4CCCCC4)nn3)CC2)cc1. The fraction of sp³-hybridized carbons (Fsp3) is 0.542. The maximum Gasteiger partial charge on any atom is 0.260 e. The van der Waals surface area contributed by atoms with Crippen LogP contribution in [0.5, 0.6) is 17.4 Å². The van der Waals surface area contributed by atoms with Crippen molar-refractivity contribution in [1.29, 1.82) is 0 Å². The van der Waals surface area contributed by atoms with E-state index in [0.717, 1.165) is 24.4 Å². The van der Waals surface area contributed by atoms with Crippen LogP contribution in [0.4, 0.5) is 5.82 Å². The molecule has 0 bridgehead atoms. The number of rotatable bonds is 8. The molecule has 4 rings (SSSR count). The van der Waals surface area contributed by atoms with Gasteiger partial charge < -0.3 is 24.0 Å². The van der Waals surface area contributed by atoms with Crippen LogP contribution in [0.15, 0.2) is 36.4 Å². The first kappa shape index (κ1) is 22.2. The van der Waals surface area contributed by atoms with E-state index in [9.17, 15) is 4.79 Å². The Bertz CT molecular complexity index is 845. The lowest BCUT2D eigenvalue weighted by Crippen LogP contribution is -2.50. The van der Waals surface area contributed by atoms with Crippen LogP contribution >= 0.6 is 0 Å². The predicted molar refractivity (Wildman–Crippen MR) is 121 cm³/mol. The molecule has 0 atom stereocenters. The van der Waals surface area contributed by atoms with Crippen LogP contribution in [0.25, 0.3) is 0 Å². The van der Waals surface area contributed by atoms with Crippen LogP contribution in [-0.4, -0.2) is 66.5 Å². The Morgan fingerprint density at radius 2 is 1.59 bits per heavy atom. The van der Waals surface area contributed by atoms with Gasteiger partial charge in [0.1, 0.15) is 17.6 Å². The van der Waals surface area contributed by atoms with E-state index < -0.39 is 0 Å². The largest absolute Gasteiger partial charge is 0.494 e. The van der Waals surface area contributed by atoms with E-state index in [4.69, 9.17) is 14.2 Å². The van der Waals surface area contributed by atoms with Crippen molar-refractivity contribution in [1.82, 2.24) is 15.1 Å². The number of aromatic nitrogens is 2. The van der Waals surface area contributed by atoms with Crippen molar-refractivity contribution in [3.05, 3.63) is 36.4 Å². The van der Waals surface area contributed by atoms with Crippen LogP contribution < -0.4 is 19.1 Å². The molecule has 1 amide bonds. The molecular formula is C24H32N4O4. The summed E-state index contributed by atoms with van der Waals surface area (Å²) < 4.78 is 17.0. The topological polar surface area (TPSA) is 77.0 Å². The fourth-order valence-corrected chi connectivity index (χ4v) is 4.12. The highest BCUT2D eigenvalue weighted by Gasteiger charge is 2.23. The smallest absolute Gasteiger partial charge is 0.260 e. The lowest BCUT2D eigenvalue weighted by atomic mass is 9.98. The quantitative estimate of drug-likeness (QED) is 0.623. The van der Waals surface area contributed by atoms with Crippen LogP contribution in [0.3, 0.4) is 0 Å². The van der Waals surface area contributed by atoms with Gasteiger partial charge in [-0.25, -0.2) is 0 Å². The summed E-state index contributed by atoms with van der Waals surface area (Å²) in [5, 5.41) is 8.61. The number of benzene rings is 1. The molecule has 2 aromatic rings. The number of piperazine rings is 1. The molecule has 0 spiro atoms. The maximum absolute atomic E-state index is 12.5. The molecule has 1 saturated carbocycles. The zero-order valence-electron chi connectivity index (χ0n) is 18.7. The van der Waals surface area contributed by atoms with Crippen LogP contribution in [0.1, 0.15) is 39.0 Å². The monoisotopic (exact) mass is 440 g/mol. The molecule has 2 fully saturated rings. The van der Waals surface area contributed by atoms with Crippen molar-refractivity contribution in [3.8, 4) is 17.4 Å². The van der Waals surface area contributed by atoms with Crippen molar-refractivity contribution in [3.63, 3.8) is 0 Å². The second-order valence-electron chi connectivity index (χ2n) is 8.17. The Morgan fingerprint density at radius 1 is 0.906 bits per heavy atom. The number of hydrogen-bond donors (Lipinski definition) is 0. The van der Waals surface area contributed by atoms with Crippen molar-refractivity contribution < 1.29 is 19.0 Å². The first-order chi connectivity index (χ1) is 15.7. The van der Waals surface area contributed by atoms with E-state index in [2.05, 4.69) is 15.1 Å². The average Bonchev–Trinajstić information content (AvgIpc) is 2.85. The number of ether oxygens (including phenoxy) is 3. The molecule has 2 heterocycles. The molecular weight excluding hydrogens is 408 g/mol. The summed E-state index contributed by atoms with van der Waals surface area (Å²) in [5.41, 5.74) is 0. The van der Waals surface area contributed by atoms with Gasteiger partial charge in [0.05, 0.1) is 6.61 Å². The second-order valence-corrected chi connectivity index (χ2v) is 8.17. The number of carbonyl (C=O) groups excluding carboxylic acids is 1. The van der Waals surface area contributed by atoms with Gasteiger partial charge in [-0.2, -0.15) is 0 Å². The van der Waals surface area contributed by atoms with Gasteiger partial charge in [-0.3, -0.25) is 4.79 Å². The fourth-order valence-electron chi connectivity index (χ4n) is 4.12. The standard InChI is InChI=1S/C24H32N4O4/c1-2-30-19-8-10-20(11-9-19)31-18-24(29)28-16-14-27(15-17-28)22-12-13-23(26-25-22)32-21-6-4-3-5-7-21/h8-13,21H,2-7,14-18H2,1H3. The van der Waals surface area contributed by atoms with E-state index in [1.165, 1.54) is 19.3 Å². The molecule has 1 aromatic carbocycles. The van der Waals surface area contributed by atoms with Crippen molar-refractivity contribution >= 4 is 11.7 Å². The Morgan fingerprint density at radius 3 is 2.22 bits per heavy atom.